The number of amides is 2. The van der Waals surface area contributed by atoms with Gasteiger partial charge in [-0.3, -0.25) is 15.0 Å². The third-order valence-corrected chi connectivity index (χ3v) is 6.03. The van der Waals surface area contributed by atoms with Crippen molar-refractivity contribution in [2.24, 2.45) is 5.10 Å². The summed E-state index contributed by atoms with van der Waals surface area (Å²) in [5, 5.41) is 9.86. The Labute approximate surface area is 185 Å². The van der Waals surface area contributed by atoms with Crippen LogP contribution in [-0.4, -0.2) is 28.8 Å². The number of carbonyl (C=O) groups is 2. The van der Waals surface area contributed by atoms with Gasteiger partial charge in [-0.15, -0.1) is 5.10 Å². The Morgan fingerprint density at radius 3 is 2.84 bits per heavy atom. The number of hydrogen-bond donors (Lipinski definition) is 3. The number of ether oxygens (including phenoxy) is 1. The molecule has 0 radical (unpaired) electrons. The molecule has 2 aromatic carbocycles. The van der Waals surface area contributed by atoms with Crippen molar-refractivity contribution in [2.75, 3.05) is 11.9 Å². The van der Waals surface area contributed by atoms with Gasteiger partial charge in [0.1, 0.15) is 11.0 Å². The van der Waals surface area contributed by atoms with Crippen LogP contribution in [0.3, 0.4) is 0 Å². The van der Waals surface area contributed by atoms with Crippen LogP contribution in [0.2, 0.25) is 0 Å². The highest BCUT2D eigenvalue weighted by atomic mass is 32.2. The molecule has 1 aliphatic carbocycles. The molecule has 0 bridgehead atoms. The van der Waals surface area contributed by atoms with Crippen LogP contribution >= 0.6 is 11.8 Å². The number of hydrogen-bond acceptors (Lipinski definition) is 6. The van der Waals surface area contributed by atoms with Crippen LogP contribution in [0.4, 0.5) is 5.69 Å². The zero-order valence-electron chi connectivity index (χ0n) is 17.2. The van der Waals surface area contributed by atoms with E-state index in [1.165, 1.54) is 17.3 Å². The molecular weight excluding hydrogens is 412 g/mol. The van der Waals surface area contributed by atoms with Crippen molar-refractivity contribution in [1.29, 1.82) is 0 Å². The lowest BCUT2D eigenvalue weighted by Crippen LogP contribution is -2.28. The van der Waals surface area contributed by atoms with Gasteiger partial charge in [0.15, 0.2) is 5.17 Å². The summed E-state index contributed by atoms with van der Waals surface area (Å²) in [7, 11) is 0. The van der Waals surface area contributed by atoms with Crippen LogP contribution in [0.25, 0.3) is 5.70 Å². The van der Waals surface area contributed by atoms with Gasteiger partial charge in [0, 0.05) is 17.7 Å². The van der Waals surface area contributed by atoms with Gasteiger partial charge in [0.05, 0.1) is 12.3 Å². The predicted octanol–water partition coefficient (Wildman–Crippen LogP) is 3.49. The van der Waals surface area contributed by atoms with Crippen LogP contribution in [0.5, 0.6) is 5.75 Å². The van der Waals surface area contributed by atoms with Crippen molar-refractivity contribution in [1.82, 2.24) is 10.7 Å². The summed E-state index contributed by atoms with van der Waals surface area (Å²) in [5.74, 6) is 0.302. The molecule has 1 saturated heterocycles. The number of carbonyl (C=O) groups excluding carboxylic acids is 2. The third kappa shape index (κ3) is 5.27. The number of allylic oxidation sites excluding steroid dienone is 1. The Morgan fingerprint density at radius 1 is 1.23 bits per heavy atom. The van der Waals surface area contributed by atoms with E-state index in [1.807, 2.05) is 19.1 Å². The van der Waals surface area contributed by atoms with Gasteiger partial charge >= 0.3 is 0 Å². The maximum atomic E-state index is 12.4. The number of thioether (sulfide) groups is 1. The van der Waals surface area contributed by atoms with E-state index in [-0.39, 0.29) is 18.2 Å². The summed E-state index contributed by atoms with van der Waals surface area (Å²) < 4.78 is 5.39. The SMILES string of the molecule is CCOc1ccc(NC(=O)C[C@@H]2S/C(=N\NC3=CCCc4ccccc43)NC2=O)cc1. The van der Waals surface area contributed by atoms with Crippen LogP contribution in [0.15, 0.2) is 59.7 Å². The molecule has 1 atom stereocenters. The van der Waals surface area contributed by atoms with Gasteiger partial charge < -0.3 is 15.4 Å². The van der Waals surface area contributed by atoms with Crippen molar-refractivity contribution < 1.29 is 14.3 Å². The lowest BCUT2D eigenvalue weighted by Gasteiger charge is -2.16. The summed E-state index contributed by atoms with van der Waals surface area (Å²) >= 11 is 1.26. The molecule has 0 spiro atoms. The maximum Gasteiger partial charge on any atom is 0.240 e. The normalized spacial score (nSPS) is 18.7. The van der Waals surface area contributed by atoms with E-state index < -0.39 is 5.25 Å². The van der Waals surface area contributed by atoms with Gasteiger partial charge in [-0.05, 0) is 49.6 Å². The van der Waals surface area contributed by atoms with Crippen LogP contribution in [0.1, 0.15) is 30.9 Å². The molecule has 2 aromatic rings. The number of fused-ring (bicyclic) bond motifs is 1. The van der Waals surface area contributed by atoms with E-state index in [4.69, 9.17) is 4.74 Å². The van der Waals surface area contributed by atoms with Gasteiger partial charge in [0.2, 0.25) is 11.8 Å². The van der Waals surface area contributed by atoms with Crippen molar-refractivity contribution in [3.05, 3.63) is 65.7 Å². The minimum atomic E-state index is -0.518. The molecule has 160 valence electrons. The Hall–Kier alpha value is -3.26. The molecular formula is C23H24N4O3S. The van der Waals surface area contributed by atoms with Crippen LogP contribution in [0, 0.1) is 0 Å². The first kappa shape index (κ1) is 21.0. The number of amidine groups is 1. The molecule has 1 aliphatic heterocycles. The molecule has 3 N–H and O–H groups in total. The second-order valence-corrected chi connectivity index (χ2v) is 8.34. The van der Waals surface area contributed by atoms with Gasteiger partial charge in [-0.2, -0.15) is 0 Å². The van der Waals surface area contributed by atoms with Crippen molar-refractivity contribution in [3.63, 3.8) is 0 Å². The minimum absolute atomic E-state index is 0.0638. The van der Waals surface area contributed by atoms with Crippen molar-refractivity contribution >= 4 is 40.1 Å². The second-order valence-electron chi connectivity index (χ2n) is 7.15. The maximum absolute atomic E-state index is 12.4. The molecule has 2 amide bonds. The summed E-state index contributed by atoms with van der Waals surface area (Å²) in [6.45, 7) is 2.50. The average molecular weight is 437 g/mol. The molecule has 0 saturated carbocycles. The summed E-state index contributed by atoms with van der Waals surface area (Å²) in [4.78, 5) is 24.7. The highest BCUT2D eigenvalue weighted by molar-refractivity contribution is 8.15. The number of benzene rings is 2. The highest BCUT2D eigenvalue weighted by Gasteiger charge is 2.32. The first-order chi connectivity index (χ1) is 15.1. The average Bonchev–Trinajstić information content (AvgIpc) is 3.12. The lowest BCUT2D eigenvalue weighted by atomic mass is 9.95. The standard InChI is InChI=1S/C23H24N4O3S/c1-2-30-17-12-10-16(11-13-17)24-21(28)14-20-22(29)25-23(31-20)27-26-19-9-5-7-15-6-3-4-8-18(15)19/h3-4,6,8-13,20,26H,2,5,7,14H2,1H3,(H,24,28)(H,25,27,29)/t20-/m0/s1. The van der Waals surface area contributed by atoms with E-state index in [1.54, 1.807) is 24.3 Å². The van der Waals surface area contributed by atoms with E-state index in [9.17, 15) is 9.59 Å². The van der Waals surface area contributed by atoms with Crippen LogP contribution < -0.4 is 20.8 Å². The number of rotatable bonds is 7. The smallest absolute Gasteiger partial charge is 0.240 e. The molecule has 1 heterocycles. The fraction of sp³-hybridized carbons (Fsp3) is 0.261. The molecule has 1 fully saturated rings. The zero-order valence-corrected chi connectivity index (χ0v) is 18.0. The highest BCUT2D eigenvalue weighted by Crippen LogP contribution is 2.26. The molecule has 4 rings (SSSR count). The quantitative estimate of drug-likeness (QED) is 0.578. The van der Waals surface area contributed by atoms with Gasteiger partial charge in [-0.25, -0.2) is 0 Å². The topological polar surface area (TPSA) is 91.8 Å². The molecule has 8 heteroatoms. The minimum Gasteiger partial charge on any atom is -0.494 e. The fourth-order valence-electron chi connectivity index (χ4n) is 3.47. The van der Waals surface area contributed by atoms with Crippen molar-refractivity contribution in [3.8, 4) is 5.75 Å². The van der Waals surface area contributed by atoms with Gasteiger partial charge in [0.25, 0.3) is 0 Å². The fourth-order valence-corrected chi connectivity index (χ4v) is 4.40. The first-order valence-electron chi connectivity index (χ1n) is 10.2. The molecule has 7 nitrogen and oxygen atoms in total. The number of hydrazone groups is 1. The summed E-state index contributed by atoms with van der Waals surface area (Å²) in [6.07, 6.45) is 4.12. The van der Waals surface area contributed by atoms with E-state index in [2.05, 4.69) is 39.4 Å². The third-order valence-electron chi connectivity index (χ3n) is 4.94. The second kappa shape index (κ2) is 9.70. The van der Waals surface area contributed by atoms with Gasteiger partial charge in [-0.1, -0.05) is 42.1 Å². The monoisotopic (exact) mass is 436 g/mol. The van der Waals surface area contributed by atoms with Crippen LogP contribution in [-0.2, 0) is 16.0 Å². The molecule has 31 heavy (non-hydrogen) atoms. The molecule has 0 aromatic heterocycles. The number of nitrogens with one attached hydrogen (secondary N) is 3. The zero-order chi connectivity index (χ0) is 21.6. The lowest BCUT2D eigenvalue weighted by molar-refractivity contribution is -0.122. The Kier molecular flexibility index (Phi) is 6.57. The Balaban J connectivity index is 1.32. The van der Waals surface area contributed by atoms with E-state index in [0.717, 1.165) is 29.9 Å². The molecule has 0 unspecified atom stereocenters. The number of aryl methyl sites for hydroxylation is 1. The predicted molar refractivity (Wildman–Crippen MR) is 124 cm³/mol. The number of anilines is 1. The number of nitrogens with zero attached hydrogens (tertiary/aromatic N) is 1. The first-order valence-corrected chi connectivity index (χ1v) is 11.1. The van der Waals surface area contributed by atoms with Crippen molar-refractivity contribution in [2.45, 2.75) is 31.4 Å². The van der Waals surface area contributed by atoms with E-state index >= 15 is 0 Å². The summed E-state index contributed by atoms with van der Waals surface area (Å²) in [6, 6.07) is 15.3. The Bertz CT molecular complexity index is 1030. The summed E-state index contributed by atoms with van der Waals surface area (Å²) in [5.41, 5.74) is 7.07. The Morgan fingerprint density at radius 2 is 2.03 bits per heavy atom. The van der Waals surface area contributed by atoms with E-state index in [0.29, 0.717) is 17.5 Å². The largest absolute Gasteiger partial charge is 0.494 e. The molecule has 2 aliphatic rings.